The molecule has 1 unspecified atom stereocenters. The summed E-state index contributed by atoms with van der Waals surface area (Å²) in [7, 11) is 1.80. The van der Waals surface area contributed by atoms with E-state index < -0.39 is 5.54 Å². The highest BCUT2D eigenvalue weighted by molar-refractivity contribution is 7.80. The number of carbonyl (C=O) groups is 1. The molecule has 1 heterocycles. The van der Waals surface area contributed by atoms with Crippen molar-refractivity contribution >= 4 is 23.2 Å². The molecule has 2 spiro atoms. The molecule has 29 heavy (non-hydrogen) atoms. The van der Waals surface area contributed by atoms with E-state index in [9.17, 15) is 4.79 Å². The Morgan fingerprint density at radius 1 is 1.31 bits per heavy atom. The largest absolute Gasteiger partial charge is 0.381 e. The Hall–Kier alpha value is -1.46. The zero-order chi connectivity index (χ0) is 20.8. The maximum Gasteiger partial charge on any atom is 0.259 e. The van der Waals surface area contributed by atoms with Crippen molar-refractivity contribution < 1.29 is 9.53 Å². The van der Waals surface area contributed by atoms with Crippen LogP contribution in [0.15, 0.2) is 18.2 Å². The second-order valence-corrected chi connectivity index (χ2v) is 9.82. The Bertz CT molecular complexity index is 813. The van der Waals surface area contributed by atoms with Crippen molar-refractivity contribution in [2.45, 2.75) is 89.8 Å². The number of thiocarbonyl (C=S) groups is 1. The summed E-state index contributed by atoms with van der Waals surface area (Å²) in [6.07, 6.45) is 8.61. The predicted molar refractivity (Wildman–Crippen MR) is 120 cm³/mol. The lowest BCUT2D eigenvalue weighted by Crippen LogP contribution is -2.57. The van der Waals surface area contributed by atoms with Gasteiger partial charge < -0.3 is 10.1 Å². The van der Waals surface area contributed by atoms with Gasteiger partial charge in [0.05, 0.1) is 6.10 Å². The Kier molecular flexibility index (Phi) is 5.49. The summed E-state index contributed by atoms with van der Waals surface area (Å²) in [5.41, 5.74) is 2.98. The van der Waals surface area contributed by atoms with Crippen molar-refractivity contribution in [1.29, 1.82) is 0 Å². The molecule has 2 aliphatic carbocycles. The van der Waals surface area contributed by atoms with E-state index in [0.29, 0.717) is 11.2 Å². The molecule has 1 N–H and O–H groups in total. The zero-order valence-electron chi connectivity index (χ0n) is 18.2. The van der Waals surface area contributed by atoms with Crippen LogP contribution in [-0.2, 0) is 27.9 Å². The maximum atomic E-state index is 14.0. The summed E-state index contributed by atoms with van der Waals surface area (Å²) in [5.74, 6) is 0.153. The van der Waals surface area contributed by atoms with Gasteiger partial charge in [0.15, 0.2) is 10.7 Å². The molecule has 1 saturated carbocycles. The van der Waals surface area contributed by atoms with Gasteiger partial charge >= 0.3 is 0 Å². The van der Waals surface area contributed by atoms with Gasteiger partial charge in [-0.1, -0.05) is 31.5 Å². The minimum Gasteiger partial charge on any atom is -0.381 e. The van der Waals surface area contributed by atoms with Gasteiger partial charge in [-0.05, 0) is 87.7 Å². The molecule has 1 aromatic carbocycles. The second-order valence-electron chi connectivity index (χ2n) is 9.44. The van der Waals surface area contributed by atoms with Gasteiger partial charge in [-0.15, -0.1) is 0 Å². The highest BCUT2D eigenvalue weighted by Crippen LogP contribution is 2.60. The van der Waals surface area contributed by atoms with Crippen molar-refractivity contribution in [2.75, 3.05) is 7.11 Å². The maximum absolute atomic E-state index is 14.0. The topological polar surface area (TPSA) is 41.6 Å². The van der Waals surface area contributed by atoms with Crippen LogP contribution in [-0.4, -0.2) is 35.2 Å². The number of nitrogens with zero attached hydrogens (tertiary/aromatic N) is 1. The monoisotopic (exact) mass is 414 g/mol. The van der Waals surface area contributed by atoms with Crippen LogP contribution in [0.5, 0.6) is 0 Å². The average molecular weight is 415 g/mol. The quantitative estimate of drug-likeness (QED) is 0.721. The lowest BCUT2D eigenvalue weighted by Gasteiger charge is -2.46. The normalized spacial score (nSPS) is 31.2. The highest BCUT2D eigenvalue weighted by Gasteiger charge is 2.67. The molecule has 4 nitrogen and oxygen atoms in total. The van der Waals surface area contributed by atoms with Crippen molar-refractivity contribution in [2.24, 2.45) is 5.41 Å². The fourth-order valence-corrected chi connectivity index (χ4v) is 6.38. The third-order valence-electron chi connectivity index (χ3n) is 7.51. The molecule has 4 rings (SSSR count). The number of unbranched alkanes of at least 4 members (excludes halogenated alkanes) is 1. The summed E-state index contributed by atoms with van der Waals surface area (Å²) in [6.45, 7) is 6.32. The fourth-order valence-electron chi connectivity index (χ4n) is 5.94. The highest BCUT2D eigenvalue weighted by atomic mass is 32.1. The van der Waals surface area contributed by atoms with Gasteiger partial charge in [0.25, 0.3) is 5.91 Å². The molecule has 1 saturated heterocycles. The molecule has 0 radical (unpaired) electrons. The molecule has 5 heteroatoms. The van der Waals surface area contributed by atoms with Crippen LogP contribution < -0.4 is 5.32 Å². The number of hydrogen-bond donors (Lipinski definition) is 1. The fraction of sp³-hybridized carbons (Fsp3) is 0.667. The molecule has 0 aromatic heterocycles. The number of rotatable bonds is 5. The van der Waals surface area contributed by atoms with Crippen molar-refractivity contribution in [3.05, 3.63) is 34.9 Å². The summed E-state index contributed by atoms with van der Waals surface area (Å²) in [5, 5.41) is 4.20. The Morgan fingerprint density at radius 2 is 2.03 bits per heavy atom. The number of hydrogen-bond acceptors (Lipinski definition) is 3. The first-order valence-corrected chi connectivity index (χ1v) is 11.6. The third-order valence-corrected chi connectivity index (χ3v) is 7.81. The van der Waals surface area contributed by atoms with Crippen LogP contribution in [0, 0.1) is 5.41 Å². The SMILES string of the molecule is CCCCc1ccc2c(c1)C1(NC(=S)N(C(C)C)C1=O)C1(CCC(OC)CC1)C2. The molecule has 2 fully saturated rings. The minimum absolute atomic E-state index is 0.0570. The average Bonchev–Trinajstić information content (AvgIpc) is 3.13. The number of aryl methyl sites for hydroxylation is 1. The predicted octanol–water partition coefficient (Wildman–Crippen LogP) is 4.48. The van der Waals surface area contributed by atoms with Gasteiger partial charge in [0.1, 0.15) is 0 Å². The molecular formula is C24H34N2O2S. The van der Waals surface area contributed by atoms with Crippen molar-refractivity contribution in [3.8, 4) is 0 Å². The molecule has 158 valence electrons. The number of benzene rings is 1. The van der Waals surface area contributed by atoms with E-state index in [1.807, 2.05) is 18.7 Å². The van der Waals surface area contributed by atoms with E-state index in [4.69, 9.17) is 17.0 Å². The summed E-state index contributed by atoms with van der Waals surface area (Å²) in [6, 6.07) is 6.90. The van der Waals surface area contributed by atoms with E-state index in [1.54, 1.807) is 7.11 Å². The van der Waals surface area contributed by atoms with Crippen LogP contribution in [0.2, 0.25) is 0 Å². The Labute approximate surface area is 180 Å². The van der Waals surface area contributed by atoms with Gasteiger partial charge in [-0.25, -0.2) is 0 Å². The van der Waals surface area contributed by atoms with Crippen LogP contribution >= 0.6 is 12.2 Å². The molecule has 3 aliphatic rings. The van der Waals surface area contributed by atoms with Gasteiger partial charge in [0, 0.05) is 18.6 Å². The molecule has 1 atom stereocenters. The lowest BCUT2D eigenvalue weighted by molar-refractivity contribution is -0.139. The van der Waals surface area contributed by atoms with Gasteiger partial charge in [-0.3, -0.25) is 9.69 Å². The third kappa shape index (κ3) is 3.04. The Balaban J connectivity index is 1.82. The van der Waals surface area contributed by atoms with Gasteiger partial charge in [0.2, 0.25) is 0 Å². The first-order valence-electron chi connectivity index (χ1n) is 11.2. The molecular weight excluding hydrogens is 380 g/mol. The summed E-state index contributed by atoms with van der Waals surface area (Å²) < 4.78 is 5.65. The van der Waals surface area contributed by atoms with E-state index in [0.717, 1.165) is 38.5 Å². The molecule has 1 aliphatic heterocycles. The van der Waals surface area contributed by atoms with Crippen LogP contribution in [0.1, 0.15) is 76.0 Å². The van der Waals surface area contributed by atoms with Crippen molar-refractivity contribution in [3.63, 3.8) is 0 Å². The molecule has 1 amide bonds. The standard InChI is InChI=1S/C24H34N2O2S/c1-5-6-7-17-8-9-18-15-23(12-10-19(28-4)11-13-23)24(20(18)14-17)21(27)26(16(2)3)22(29)25-24/h8-9,14,16,19H,5-7,10-13,15H2,1-4H3,(H,25,29). The number of methoxy groups -OCH3 is 1. The number of amides is 1. The second kappa shape index (κ2) is 7.66. The number of carbonyl (C=O) groups excluding carboxylic acids is 1. The van der Waals surface area contributed by atoms with Crippen LogP contribution in [0.4, 0.5) is 0 Å². The number of ether oxygens (including phenoxy) is 1. The smallest absolute Gasteiger partial charge is 0.259 e. The molecule has 0 bridgehead atoms. The number of fused-ring (bicyclic) bond motifs is 3. The lowest BCUT2D eigenvalue weighted by atomic mass is 9.61. The van der Waals surface area contributed by atoms with E-state index in [1.165, 1.54) is 29.5 Å². The summed E-state index contributed by atoms with van der Waals surface area (Å²) >= 11 is 5.70. The zero-order valence-corrected chi connectivity index (χ0v) is 19.0. The van der Waals surface area contributed by atoms with Crippen LogP contribution in [0.3, 0.4) is 0 Å². The molecule has 1 aromatic rings. The first kappa shape index (κ1) is 20.8. The van der Waals surface area contributed by atoms with Gasteiger partial charge in [-0.2, -0.15) is 0 Å². The number of nitrogens with one attached hydrogen (secondary N) is 1. The minimum atomic E-state index is -0.718. The van der Waals surface area contributed by atoms with E-state index >= 15 is 0 Å². The van der Waals surface area contributed by atoms with Crippen LogP contribution in [0.25, 0.3) is 0 Å². The summed E-state index contributed by atoms with van der Waals surface area (Å²) in [4.78, 5) is 15.9. The van der Waals surface area contributed by atoms with Crippen molar-refractivity contribution in [1.82, 2.24) is 10.2 Å². The van der Waals surface area contributed by atoms with E-state index in [-0.39, 0.29) is 17.4 Å². The Morgan fingerprint density at radius 3 is 2.62 bits per heavy atom. The van der Waals surface area contributed by atoms with E-state index in [2.05, 4.69) is 30.4 Å². The first-order chi connectivity index (χ1) is 13.9.